The first-order valence-corrected chi connectivity index (χ1v) is 6.23. The van der Waals surface area contributed by atoms with E-state index in [0.717, 1.165) is 0 Å². The topological polar surface area (TPSA) is 89.3 Å². The van der Waals surface area contributed by atoms with Crippen molar-refractivity contribution in [2.75, 3.05) is 18.5 Å². The van der Waals surface area contributed by atoms with E-state index < -0.39 is 12.6 Å². The summed E-state index contributed by atoms with van der Waals surface area (Å²) >= 11 is 5.78. The Morgan fingerprint density at radius 2 is 2.29 bits per heavy atom. The van der Waals surface area contributed by atoms with Gasteiger partial charge in [0.2, 0.25) is 5.28 Å². The van der Waals surface area contributed by atoms with Gasteiger partial charge in [-0.05, 0) is 17.7 Å². The smallest absolute Gasteiger partial charge is 0.345 e. The lowest BCUT2D eigenvalue weighted by Crippen LogP contribution is -2.13. The molecule has 0 atom stereocenters. The number of ether oxygens (including phenoxy) is 1. The normalized spacial score (nSPS) is 11.2. The van der Waals surface area contributed by atoms with Crippen molar-refractivity contribution in [2.45, 2.75) is 13.2 Å². The number of rotatable bonds is 7. The molecule has 10 heteroatoms. The Bertz CT molecular complexity index is 650. The van der Waals surface area contributed by atoms with E-state index in [4.69, 9.17) is 16.7 Å². The summed E-state index contributed by atoms with van der Waals surface area (Å²) in [5, 5.41) is 12.1. The average molecular weight is 321 g/mol. The standard InChI is InChI=1S/C11H11ClF2N4O3/c12-10-16-8(15-2-4-21-11(13)14)6-1-3-18(5-7(19)20)9(6)17-10/h1,3,11H,2,4-5H2,(H,19,20)(H,15,16,17). The van der Waals surface area contributed by atoms with E-state index in [1.807, 2.05) is 0 Å². The lowest BCUT2D eigenvalue weighted by Gasteiger charge is -2.08. The molecule has 0 aliphatic heterocycles. The van der Waals surface area contributed by atoms with Crippen molar-refractivity contribution in [1.29, 1.82) is 0 Å². The fourth-order valence-corrected chi connectivity index (χ4v) is 1.93. The van der Waals surface area contributed by atoms with E-state index in [0.29, 0.717) is 16.9 Å². The summed E-state index contributed by atoms with van der Waals surface area (Å²) in [6, 6.07) is 1.62. The Kier molecular flexibility index (Phi) is 4.86. The summed E-state index contributed by atoms with van der Waals surface area (Å²) in [6.07, 6.45) is 1.53. The van der Waals surface area contributed by atoms with Crippen LogP contribution in [0, 0.1) is 0 Å². The van der Waals surface area contributed by atoms with Crippen LogP contribution < -0.4 is 5.32 Å². The minimum atomic E-state index is -2.84. The number of alkyl halides is 2. The number of hydrogen-bond donors (Lipinski definition) is 2. The summed E-state index contributed by atoms with van der Waals surface area (Å²) < 4.78 is 29.2. The summed E-state index contributed by atoms with van der Waals surface area (Å²) in [5.74, 6) is -0.700. The maximum atomic E-state index is 11.8. The molecule has 0 amide bonds. The molecule has 0 aliphatic rings. The third-order valence-electron chi connectivity index (χ3n) is 2.54. The lowest BCUT2D eigenvalue weighted by molar-refractivity contribution is -0.137. The lowest BCUT2D eigenvalue weighted by atomic mass is 10.4. The number of nitrogens with zero attached hydrogens (tertiary/aromatic N) is 3. The maximum Gasteiger partial charge on any atom is 0.345 e. The molecule has 2 aromatic heterocycles. The third kappa shape index (κ3) is 3.99. The second kappa shape index (κ2) is 6.64. The van der Waals surface area contributed by atoms with Gasteiger partial charge >= 0.3 is 12.6 Å². The summed E-state index contributed by atoms with van der Waals surface area (Å²) in [7, 11) is 0. The molecule has 0 spiro atoms. The molecule has 2 aromatic rings. The molecule has 0 bridgehead atoms. The highest BCUT2D eigenvalue weighted by Crippen LogP contribution is 2.23. The van der Waals surface area contributed by atoms with Crippen molar-refractivity contribution < 1.29 is 23.4 Å². The van der Waals surface area contributed by atoms with Crippen molar-refractivity contribution in [2.24, 2.45) is 0 Å². The number of carboxylic acids is 1. The van der Waals surface area contributed by atoms with E-state index in [2.05, 4.69) is 20.0 Å². The fourth-order valence-electron chi connectivity index (χ4n) is 1.76. The van der Waals surface area contributed by atoms with Crippen LogP contribution in [-0.2, 0) is 16.1 Å². The van der Waals surface area contributed by atoms with Crippen LogP contribution >= 0.6 is 11.6 Å². The number of halogens is 3. The van der Waals surface area contributed by atoms with E-state index in [-0.39, 0.29) is 25.0 Å². The van der Waals surface area contributed by atoms with Crippen molar-refractivity contribution in [3.8, 4) is 0 Å². The second-order valence-corrected chi connectivity index (χ2v) is 4.31. The minimum Gasteiger partial charge on any atom is -0.480 e. The van der Waals surface area contributed by atoms with Crippen LogP contribution in [-0.4, -0.2) is 45.4 Å². The average Bonchev–Trinajstić information content (AvgIpc) is 2.76. The molecule has 0 aliphatic carbocycles. The van der Waals surface area contributed by atoms with Gasteiger partial charge in [-0.2, -0.15) is 13.8 Å². The quantitative estimate of drug-likeness (QED) is 0.597. The Balaban J connectivity index is 2.19. The molecule has 114 valence electrons. The van der Waals surface area contributed by atoms with Gasteiger partial charge in [0.1, 0.15) is 18.0 Å². The largest absolute Gasteiger partial charge is 0.480 e. The molecule has 0 saturated heterocycles. The van der Waals surface area contributed by atoms with Crippen LogP contribution in [0.25, 0.3) is 11.0 Å². The highest BCUT2D eigenvalue weighted by molar-refractivity contribution is 6.28. The molecule has 7 nitrogen and oxygen atoms in total. The van der Waals surface area contributed by atoms with E-state index in [1.165, 1.54) is 10.8 Å². The van der Waals surface area contributed by atoms with Crippen molar-refractivity contribution >= 4 is 34.4 Å². The van der Waals surface area contributed by atoms with Crippen LogP contribution in [0.15, 0.2) is 12.3 Å². The molecule has 2 rings (SSSR count). The Hall–Kier alpha value is -2.00. The summed E-state index contributed by atoms with van der Waals surface area (Å²) in [6.45, 7) is -3.23. The van der Waals surface area contributed by atoms with E-state index >= 15 is 0 Å². The van der Waals surface area contributed by atoms with Gasteiger partial charge in [-0.15, -0.1) is 0 Å². The number of nitrogens with one attached hydrogen (secondary N) is 1. The van der Waals surface area contributed by atoms with Crippen molar-refractivity contribution in [1.82, 2.24) is 14.5 Å². The van der Waals surface area contributed by atoms with Crippen molar-refractivity contribution in [3.63, 3.8) is 0 Å². The van der Waals surface area contributed by atoms with Crippen LogP contribution in [0.3, 0.4) is 0 Å². The maximum absolute atomic E-state index is 11.8. The van der Waals surface area contributed by atoms with Gasteiger partial charge in [-0.1, -0.05) is 0 Å². The molecule has 21 heavy (non-hydrogen) atoms. The van der Waals surface area contributed by atoms with E-state index in [1.54, 1.807) is 6.07 Å². The molecule has 0 aromatic carbocycles. The van der Waals surface area contributed by atoms with E-state index in [9.17, 15) is 13.6 Å². The highest BCUT2D eigenvalue weighted by atomic mass is 35.5. The van der Waals surface area contributed by atoms with Gasteiger partial charge in [0.15, 0.2) is 0 Å². The van der Waals surface area contributed by atoms with Crippen LogP contribution in [0.2, 0.25) is 5.28 Å². The molecule has 0 radical (unpaired) electrons. The molecule has 0 fully saturated rings. The molecular formula is C11H11ClF2N4O3. The number of hydrogen-bond acceptors (Lipinski definition) is 5. The van der Waals surface area contributed by atoms with Crippen molar-refractivity contribution in [3.05, 3.63) is 17.5 Å². The van der Waals surface area contributed by atoms with Crippen LogP contribution in [0.5, 0.6) is 0 Å². The van der Waals surface area contributed by atoms with Gasteiger partial charge in [-0.3, -0.25) is 4.79 Å². The SMILES string of the molecule is O=C(O)Cn1ccc2c(NCCOC(F)F)nc(Cl)nc21. The Morgan fingerprint density at radius 3 is 2.95 bits per heavy atom. The van der Waals surface area contributed by atoms with Crippen LogP contribution in [0.1, 0.15) is 0 Å². The zero-order chi connectivity index (χ0) is 15.4. The molecule has 2 heterocycles. The molecular weight excluding hydrogens is 310 g/mol. The van der Waals surface area contributed by atoms with Gasteiger partial charge in [0, 0.05) is 12.7 Å². The zero-order valence-electron chi connectivity index (χ0n) is 10.6. The molecule has 0 saturated carbocycles. The minimum absolute atomic E-state index is 0.0786. The number of fused-ring (bicyclic) bond motifs is 1. The Morgan fingerprint density at radius 1 is 1.52 bits per heavy atom. The van der Waals surface area contributed by atoms with Gasteiger partial charge in [0.25, 0.3) is 0 Å². The number of aliphatic carboxylic acids is 1. The second-order valence-electron chi connectivity index (χ2n) is 3.97. The monoisotopic (exact) mass is 320 g/mol. The van der Waals surface area contributed by atoms with Gasteiger partial charge < -0.3 is 19.7 Å². The predicted molar refractivity (Wildman–Crippen MR) is 70.6 cm³/mol. The number of aromatic nitrogens is 3. The molecule has 2 N–H and O–H groups in total. The number of carboxylic acid groups (broad SMARTS) is 1. The third-order valence-corrected chi connectivity index (χ3v) is 2.70. The first kappa shape index (κ1) is 15.4. The summed E-state index contributed by atoms with van der Waals surface area (Å²) in [4.78, 5) is 18.7. The highest BCUT2D eigenvalue weighted by Gasteiger charge is 2.12. The summed E-state index contributed by atoms with van der Waals surface area (Å²) in [5.41, 5.74) is 0.342. The predicted octanol–water partition coefficient (Wildman–Crippen LogP) is 1.82. The first-order valence-electron chi connectivity index (χ1n) is 5.85. The van der Waals surface area contributed by atoms with Crippen LogP contribution in [0.4, 0.5) is 14.6 Å². The number of carbonyl (C=O) groups is 1. The zero-order valence-corrected chi connectivity index (χ0v) is 11.3. The first-order chi connectivity index (χ1) is 9.97. The molecule has 0 unspecified atom stereocenters. The Labute approximate surface area is 122 Å². The van der Waals surface area contributed by atoms with Gasteiger partial charge in [0.05, 0.1) is 12.0 Å². The number of anilines is 1. The van der Waals surface area contributed by atoms with Gasteiger partial charge in [-0.25, -0.2) is 4.98 Å². The fraction of sp³-hybridized carbons (Fsp3) is 0.364.